The lowest BCUT2D eigenvalue weighted by Gasteiger charge is -2.26. The number of nitro benzene ring substituents is 1. The number of benzene rings is 2. The van der Waals surface area contributed by atoms with Crippen molar-refractivity contribution >= 4 is 21.4 Å². The van der Waals surface area contributed by atoms with Crippen molar-refractivity contribution in [1.29, 1.82) is 0 Å². The number of nitro groups is 1. The van der Waals surface area contributed by atoms with Crippen LogP contribution in [-0.2, 0) is 14.6 Å². The molecule has 1 saturated heterocycles. The molecule has 2 aromatic carbocycles. The molecule has 1 aliphatic heterocycles. The first-order valence-electron chi connectivity index (χ1n) is 8.85. The zero-order chi connectivity index (χ0) is 20.4. The van der Waals surface area contributed by atoms with Crippen molar-refractivity contribution in [2.75, 3.05) is 31.2 Å². The third kappa shape index (κ3) is 3.71. The number of hydrogen-bond acceptors (Lipinski definition) is 8. The molecule has 2 heterocycles. The van der Waals surface area contributed by atoms with Gasteiger partial charge in [0.25, 0.3) is 5.69 Å². The first-order valence-corrected chi connectivity index (χ1v) is 10.3. The van der Waals surface area contributed by atoms with Gasteiger partial charge in [-0.3, -0.25) is 10.1 Å². The molecule has 29 heavy (non-hydrogen) atoms. The van der Waals surface area contributed by atoms with Crippen LogP contribution in [0.4, 0.5) is 11.6 Å². The summed E-state index contributed by atoms with van der Waals surface area (Å²) in [6.45, 7) is 1.75. The minimum atomic E-state index is -3.95. The van der Waals surface area contributed by atoms with Crippen molar-refractivity contribution in [3.63, 3.8) is 0 Å². The molecular formula is C19H17N3O6S. The Morgan fingerprint density at radius 3 is 2.45 bits per heavy atom. The molecule has 150 valence electrons. The van der Waals surface area contributed by atoms with Crippen LogP contribution in [0.2, 0.25) is 0 Å². The van der Waals surface area contributed by atoms with Crippen LogP contribution in [0.3, 0.4) is 0 Å². The summed E-state index contributed by atoms with van der Waals surface area (Å²) >= 11 is 0. The lowest BCUT2D eigenvalue weighted by Crippen LogP contribution is -2.36. The van der Waals surface area contributed by atoms with Crippen molar-refractivity contribution in [3.05, 3.63) is 64.7 Å². The molecule has 0 spiro atoms. The standard InChI is InChI=1S/C19H17N3O6S/c23-22(24)15-6-4-5-14(13-15)17-20-18(19(28-17)21-9-11-27-12-10-21)29(25,26)16-7-2-1-3-8-16/h1-8,13H,9-12H2. The topological polar surface area (TPSA) is 116 Å². The molecule has 0 bridgehead atoms. The molecule has 0 N–H and O–H groups in total. The fraction of sp³-hybridized carbons (Fsp3) is 0.211. The monoisotopic (exact) mass is 415 g/mol. The van der Waals surface area contributed by atoms with Gasteiger partial charge in [-0.15, -0.1) is 0 Å². The number of morpholine rings is 1. The van der Waals surface area contributed by atoms with Gasteiger partial charge in [-0.05, 0) is 18.2 Å². The normalized spacial score (nSPS) is 14.7. The lowest BCUT2D eigenvalue weighted by atomic mass is 10.2. The largest absolute Gasteiger partial charge is 0.419 e. The molecule has 0 unspecified atom stereocenters. The minimum absolute atomic E-state index is 0.00435. The Hall–Kier alpha value is -3.24. The number of oxazole rings is 1. The first kappa shape index (κ1) is 19.1. The Morgan fingerprint density at radius 1 is 1.03 bits per heavy atom. The maximum atomic E-state index is 13.2. The fourth-order valence-electron chi connectivity index (χ4n) is 3.03. The Kier molecular flexibility index (Phi) is 5.03. The molecule has 9 nitrogen and oxygen atoms in total. The van der Waals surface area contributed by atoms with Crippen LogP contribution in [0.25, 0.3) is 11.5 Å². The van der Waals surface area contributed by atoms with Gasteiger partial charge in [0.05, 0.1) is 23.0 Å². The molecule has 3 aromatic rings. The maximum Gasteiger partial charge on any atom is 0.270 e. The molecule has 0 atom stereocenters. The van der Waals surface area contributed by atoms with E-state index < -0.39 is 14.8 Å². The van der Waals surface area contributed by atoms with Crippen molar-refractivity contribution in [2.24, 2.45) is 0 Å². The number of rotatable bonds is 5. The molecule has 4 rings (SSSR count). The van der Waals surface area contributed by atoms with E-state index in [0.717, 1.165) is 0 Å². The molecule has 0 amide bonds. The number of non-ortho nitro benzene ring substituents is 1. The van der Waals surface area contributed by atoms with E-state index >= 15 is 0 Å². The van der Waals surface area contributed by atoms with E-state index in [9.17, 15) is 18.5 Å². The second kappa shape index (κ2) is 7.64. The van der Waals surface area contributed by atoms with Gasteiger partial charge < -0.3 is 14.1 Å². The molecule has 0 aliphatic carbocycles. The summed E-state index contributed by atoms with van der Waals surface area (Å²) in [6.07, 6.45) is 0. The summed E-state index contributed by atoms with van der Waals surface area (Å²) in [5.74, 6) is 0.114. The molecule has 10 heteroatoms. The average Bonchev–Trinajstić information content (AvgIpc) is 3.22. The number of nitrogens with zero attached hydrogens (tertiary/aromatic N) is 3. The van der Waals surface area contributed by atoms with Gasteiger partial charge in [0.2, 0.25) is 26.6 Å². The van der Waals surface area contributed by atoms with Crippen LogP contribution >= 0.6 is 0 Å². The quantitative estimate of drug-likeness (QED) is 0.461. The van der Waals surface area contributed by atoms with Crippen LogP contribution in [0, 0.1) is 10.1 Å². The van der Waals surface area contributed by atoms with E-state index in [0.29, 0.717) is 31.9 Å². The number of aromatic nitrogens is 1. The van der Waals surface area contributed by atoms with Gasteiger partial charge in [-0.25, -0.2) is 8.42 Å². The third-order valence-corrected chi connectivity index (χ3v) is 6.16. The molecule has 1 aromatic heterocycles. The highest BCUT2D eigenvalue weighted by Crippen LogP contribution is 2.35. The van der Waals surface area contributed by atoms with E-state index in [1.165, 1.54) is 30.3 Å². The highest BCUT2D eigenvalue weighted by atomic mass is 32.2. The zero-order valence-corrected chi connectivity index (χ0v) is 16.0. The summed E-state index contributed by atoms with van der Waals surface area (Å²) in [7, 11) is -3.95. The van der Waals surface area contributed by atoms with Gasteiger partial charge in [-0.1, -0.05) is 24.3 Å². The van der Waals surface area contributed by atoms with E-state index in [2.05, 4.69) is 4.98 Å². The SMILES string of the molecule is O=[N+]([O-])c1cccc(-c2nc(S(=O)(=O)c3ccccc3)c(N3CCOCC3)o2)c1. The number of ether oxygens (including phenoxy) is 1. The average molecular weight is 415 g/mol. The van der Waals surface area contributed by atoms with E-state index in [1.807, 2.05) is 0 Å². The molecule has 1 fully saturated rings. The predicted molar refractivity (Wildman–Crippen MR) is 104 cm³/mol. The summed E-state index contributed by atoms with van der Waals surface area (Å²) in [5.41, 5.74) is 0.185. The second-order valence-corrected chi connectivity index (χ2v) is 8.22. The van der Waals surface area contributed by atoms with Crippen molar-refractivity contribution in [1.82, 2.24) is 4.98 Å². The van der Waals surface area contributed by atoms with Crippen LogP contribution < -0.4 is 4.90 Å². The third-order valence-electron chi connectivity index (χ3n) is 4.49. The van der Waals surface area contributed by atoms with Gasteiger partial charge in [0.15, 0.2) is 0 Å². The minimum Gasteiger partial charge on any atom is -0.419 e. The summed E-state index contributed by atoms with van der Waals surface area (Å²) in [6, 6.07) is 13.7. The zero-order valence-electron chi connectivity index (χ0n) is 15.2. The van der Waals surface area contributed by atoms with Crippen LogP contribution in [-0.4, -0.2) is 44.6 Å². The van der Waals surface area contributed by atoms with Crippen LogP contribution in [0.15, 0.2) is 68.9 Å². The van der Waals surface area contributed by atoms with Gasteiger partial charge in [-0.2, -0.15) is 4.98 Å². The summed E-state index contributed by atoms with van der Waals surface area (Å²) < 4.78 is 37.6. The van der Waals surface area contributed by atoms with E-state index in [4.69, 9.17) is 9.15 Å². The predicted octanol–water partition coefficient (Wildman–Crippen LogP) is 2.92. The lowest BCUT2D eigenvalue weighted by molar-refractivity contribution is -0.384. The molecule has 1 aliphatic rings. The van der Waals surface area contributed by atoms with Gasteiger partial charge in [0.1, 0.15) is 0 Å². The van der Waals surface area contributed by atoms with Gasteiger partial charge >= 0.3 is 0 Å². The number of sulfone groups is 1. The highest BCUT2D eigenvalue weighted by molar-refractivity contribution is 7.91. The Bertz CT molecular complexity index is 1140. The van der Waals surface area contributed by atoms with Crippen molar-refractivity contribution in [2.45, 2.75) is 9.92 Å². The second-order valence-electron chi connectivity index (χ2n) is 6.35. The van der Waals surface area contributed by atoms with Gasteiger partial charge in [0, 0.05) is 30.8 Å². The van der Waals surface area contributed by atoms with Crippen molar-refractivity contribution < 1.29 is 22.5 Å². The van der Waals surface area contributed by atoms with E-state index in [-0.39, 0.29) is 27.4 Å². The summed E-state index contributed by atoms with van der Waals surface area (Å²) in [5, 5.41) is 10.9. The van der Waals surface area contributed by atoms with Crippen LogP contribution in [0.1, 0.15) is 0 Å². The fourth-order valence-corrected chi connectivity index (χ4v) is 4.37. The smallest absolute Gasteiger partial charge is 0.270 e. The number of anilines is 1. The first-order chi connectivity index (χ1) is 14.0. The Balaban J connectivity index is 1.86. The molecule has 0 radical (unpaired) electrons. The Morgan fingerprint density at radius 2 is 1.76 bits per heavy atom. The number of hydrogen-bond donors (Lipinski definition) is 0. The molecule has 0 saturated carbocycles. The molecular weight excluding hydrogens is 398 g/mol. The highest BCUT2D eigenvalue weighted by Gasteiger charge is 2.32. The van der Waals surface area contributed by atoms with Crippen molar-refractivity contribution in [3.8, 4) is 11.5 Å². The van der Waals surface area contributed by atoms with Crippen LogP contribution in [0.5, 0.6) is 0 Å². The maximum absolute atomic E-state index is 13.2. The summed E-state index contributed by atoms with van der Waals surface area (Å²) in [4.78, 5) is 16.6. The van der Waals surface area contributed by atoms with E-state index in [1.54, 1.807) is 29.2 Å². The Labute approximate surface area is 166 Å².